The van der Waals surface area contributed by atoms with Gasteiger partial charge in [-0.2, -0.15) is 0 Å². The number of ether oxygens (including phenoxy) is 4. The summed E-state index contributed by atoms with van der Waals surface area (Å²) in [4.78, 5) is 27.7. The number of amides is 1. The van der Waals surface area contributed by atoms with Crippen molar-refractivity contribution < 1.29 is 33.6 Å². The summed E-state index contributed by atoms with van der Waals surface area (Å²) in [6, 6.07) is 8.55. The van der Waals surface area contributed by atoms with E-state index in [0.29, 0.717) is 17.4 Å². The van der Waals surface area contributed by atoms with Gasteiger partial charge < -0.3 is 24.1 Å². The van der Waals surface area contributed by atoms with E-state index in [1.54, 1.807) is 44.2 Å². The van der Waals surface area contributed by atoms with Crippen LogP contribution in [-0.2, 0) is 29.3 Å². The quantitative estimate of drug-likeness (QED) is 0.618. The van der Waals surface area contributed by atoms with Crippen LogP contribution in [0.5, 0.6) is 0 Å². The Kier molecular flexibility index (Phi) is 7.95. The molecule has 0 spiro atoms. The molecule has 3 rings (SSSR count). The van der Waals surface area contributed by atoms with Gasteiger partial charge in [0.25, 0.3) is 0 Å². The fraction of sp³-hybridized carbons (Fsp3) is 0.692. The van der Waals surface area contributed by atoms with E-state index in [1.807, 2.05) is 0 Å². The van der Waals surface area contributed by atoms with Crippen LogP contribution in [0.1, 0.15) is 59.4 Å². The Bertz CT molecular complexity index is 858. The minimum absolute atomic E-state index is 0.200. The zero-order valence-electron chi connectivity index (χ0n) is 21.3. The summed E-state index contributed by atoms with van der Waals surface area (Å²) in [5, 5.41) is 12.1. The van der Waals surface area contributed by atoms with E-state index in [-0.39, 0.29) is 12.0 Å². The first kappa shape index (κ1) is 26.4. The SMILES string of the molecule is COC(=O)N1C(OC)[C@H](C(O)(C(=O)O[C@@H]2C[C@H](C)CC[C@H]2C(C)C)c2ccccc2)OC1(C)C. The number of carbonyl (C=O) groups excluding carboxylic acids is 2. The number of aliphatic hydroxyl groups is 1. The molecule has 8 nitrogen and oxygen atoms in total. The summed E-state index contributed by atoms with van der Waals surface area (Å²) in [6.45, 7) is 9.72. The second-order valence-corrected chi connectivity index (χ2v) is 10.4. The van der Waals surface area contributed by atoms with Gasteiger partial charge in [0.1, 0.15) is 17.9 Å². The Balaban J connectivity index is 2.03. The second-order valence-electron chi connectivity index (χ2n) is 10.4. The molecule has 1 amide bonds. The second kappa shape index (κ2) is 10.2. The summed E-state index contributed by atoms with van der Waals surface area (Å²) in [5.74, 6) is 0.142. The molecule has 1 aliphatic carbocycles. The van der Waals surface area contributed by atoms with E-state index in [1.165, 1.54) is 19.1 Å². The average Bonchev–Trinajstić information content (AvgIpc) is 3.08. The van der Waals surface area contributed by atoms with E-state index in [4.69, 9.17) is 18.9 Å². The fourth-order valence-corrected chi connectivity index (χ4v) is 5.38. The molecule has 2 unspecified atom stereocenters. The van der Waals surface area contributed by atoms with Crippen molar-refractivity contribution in [1.82, 2.24) is 4.90 Å². The Morgan fingerprint density at radius 1 is 1.18 bits per heavy atom. The molecule has 0 radical (unpaired) electrons. The molecule has 1 aliphatic heterocycles. The normalized spacial score (nSPS) is 30.6. The van der Waals surface area contributed by atoms with Crippen LogP contribution >= 0.6 is 0 Å². The number of hydrogen-bond donors (Lipinski definition) is 1. The molecule has 8 heteroatoms. The molecular formula is C26H39NO7. The summed E-state index contributed by atoms with van der Waals surface area (Å²) < 4.78 is 22.8. The third-order valence-electron chi connectivity index (χ3n) is 7.28. The molecule has 1 heterocycles. The highest BCUT2D eigenvalue weighted by Gasteiger charge is 2.62. The summed E-state index contributed by atoms with van der Waals surface area (Å²) in [6.07, 6.45) is -0.573. The van der Waals surface area contributed by atoms with Gasteiger partial charge in [0.05, 0.1) is 7.11 Å². The minimum Gasteiger partial charge on any atom is -0.460 e. The van der Waals surface area contributed by atoms with Crippen LogP contribution in [0.4, 0.5) is 4.79 Å². The largest absolute Gasteiger partial charge is 0.460 e. The van der Waals surface area contributed by atoms with Crippen molar-refractivity contribution in [3.8, 4) is 0 Å². The Hall–Kier alpha value is -2.16. The maximum Gasteiger partial charge on any atom is 0.413 e. The number of methoxy groups -OCH3 is 2. The topological polar surface area (TPSA) is 94.5 Å². The molecule has 190 valence electrons. The van der Waals surface area contributed by atoms with Crippen molar-refractivity contribution in [3.05, 3.63) is 35.9 Å². The third-order valence-corrected chi connectivity index (χ3v) is 7.28. The average molecular weight is 478 g/mol. The first-order chi connectivity index (χ1) is 16.0. The molecule has 1 saturated heterocycles. The van der Waals surface area contributed by atoms with Gasteiger partial charge in [-0.3, -0.25) is 4.90 Å². The molecule has 0 aromatic heterocycles. The zero-order valence-corrected chi connectivity index (χ0v) is 21.3. The van der Waals surface area contributed by atoms with Crippen molar-refractivity contribution in [2.45, 2.75) is 83.6 Å². The van der Waals surface area contributed by atoms with Gasteiger partial charge in [0, 0.05) is 7.11 Å². The zero-order chi connectivity index (χ0) is 25.3. The smallest absolute Gasteiger partial charge is 0.413 e. The van der Waals surface area contributed by atoms with E-state index in [2.05, 4.69) is 20.8 Å². The maximum absolute atomic E-state index is 13.9. The van der Waals surface area contributed by atoms with Gasteiger partial charge in [-0.25, -0.2) is 9.59 Å². The van der Waals surface area contributed by atoms with Gasteiger partial charge in [-0.15, -0.1) is 0 Å². The van der Waals surface area contributed by atoms with E-state index in [0.717, 1.165) is 19.3 Å². The van der Waals surface area contributed by atoms with Gasteiger partial charge in [0.2, 0.25) is 5.60 Å². The predicted molar refractivity (Wildman–Crippen MR) is 126 cm³/mol. The molecular weight excluding hydrogens is 438 g/mol. The number of rotatable bonds is 6. The molecule has 1 N–H and O–H groups in total. The molecule has 1 saturated carbocycles. The van der Waals surface area contributed by atoms with Crippen LogP contribution in [0.25, 0.3) is 0 Å². The first-order valence-electron chi connectivity index (χ1n) is 12.0. The Labute approximate surface area is 202 Å². The lowest BCUT2D eigenvalue weighted by atomic mass is 9.75. The highest BCUT2D eigenvalue weighted by molar-refractivity contribution is 5.83. The first-order valence-corrected chi connectivity index (χ1v) is 12.0. The van der Waals surface area contributed by atoms with Crippen molar-refractivity contribution in [3.63, 3.8) is 0 Å². The fourth-order valence-electron chi connectivity index (χ4n) is 5.38. The van der Waals surface area contributed by atoms with Crippen molar-refractivity contribution in [1.29, 1.82) is 0 Å². The van der Waals surface area contributed by atoms with Crippen molar-refractivity contribution >= 4 is 12.1 Å². The lowest BCUT2D eigenvalue weighted by Gasteiger charge is -2.40. The van der Waals surface area contributed by atoms with E-state index < -0.39 is 35.7 Å². The number of carbonyl (C=O) groups is 2. The van der Waals surface area contributed by atoms with E-state index in [9.17, 15) is 14.7 Å². The molecule has 2 fully saturated rings. The minimum atomic E-state index is -2.22. The van der Waals surface area contributed by atoms with Crippen LogP contribution in [0, 0.1) is 17.8 Å². The van der Waals surface area contributed by atoms with Gasteiger partial charge in [0.15, 0.2) is 6.23 Å². The lowest BCUT2D eigenvalue weighted by molar-refractivity contribution is -0.206. The Morgan fingerprint density at radius 2 is 1.82 bits per heavy atom. The monoisotopic (exact) mass is 477 g/mol. The Morgan fingerprint density at radius 3 is 2.38 bits per heavy atom. The van der Waals surface area contributed by atoms with Crippen LogP contribution in [0.2, 0.25) is 0 Å². The number of nitrogens with zero attached hydrogens (tertiary/aromatic N) is 1. The number of benzene rings is 1. The highest BCUT2D eigenvalue weighted by atomic mass is 16.6. The van der Waals surface area contributed by atoms with E-state index >= 15 is 0 Å². The van der Waals surface area contributed by atoms with Gasteiger partial charge in [-0.1, -0.05) is 57.5 Å². The van der Waals surface area contributed by atoms with Crippen LogP contribution in [-0.4, -0.2) is 60.4 Å². The summed E-state index contributed by atoms with van der Waals surface area (Å²) in [7, 11) is 2.65. The molecule has 34 heavy (non-hydrogen) atoms. The molecule has 2 aliphatic rings. The molecule has 1 aromatic rings. The standard InChI is InChI=1S/C26H39NO7/c1-16(2)19-14-13-17(3)15-20(19)33-23(28)26(30,18-11-9-8-10-12-18)21-22(31-6)27(24(29)32-7)25(4,5)34-21/h8-12,16-17,19-22,30H,13-15H2,1-7H3/t17-,19+,20-,21-,22?,26?/m1/s1. The van der Waals surface area contributed by atoms with Crippen LogP contribution < -0.4 is 0 Å². The maximum atomic E-state index is 13.9. The van der Waals surface area contributed by atoms with Crippen LogP contribution in [0.3, 0.4) is 0 Å². The van der Waals surface area contributed by atoms with Crippen molar-refractivity contribution in [2.24, 2.45) is 17.8 Å². The lowest BCUT2D eigenvalue weighted by Crippen LogP contribution is -2.56. The van der Waals surface area contributed by atoms with Gasteiger partial charge in [-0.05, 0) is 50.0 Å². The van der Waals surface area contributed by atoms with Crippen LogP contribution in [0.15, 0.2) is 30.3 Å². The summed E-state index contributed by atoms with van der Waals surface area (Å²) >= 11 is 0. The molecule has 6 atom stereocenters. The predicted octanol–water partition coefficient (Wildman–Crippen LogP) is 4.05. The van der Waals surface area contributed by atoms with Crippen molar-refractivity contribution in [2.75, 3.05) is 14.2 Å². The number of esters is 1. The number of hydrogen-bond acceptors (Lipinski definition) is 7. The highest BCUT2D eigenvalue weighted by Crippen LogP contribution is 2.44. The molecule has 1 aromatic carbocycles. The molecule has 0 bridgehead atoms. The van der Waals surface area contributed by atoms with Gasteiger partial charge >= 0.3 is 12.1 Å². The summed E-state index contributed by atoms with van der Waals surface area (Å²) in [5.41, 5.74) is -3.12. The third kappa shape index (κ3) is 4.81.